The third-order valence-electron chi connectivity index (χ3n) is 5.09. The number of nitrogens with one attached hydrogen (secondary N) is 1. The van der Waals surface area contributed by atoms with Crippen LogP contribution in [0.2, 0.25) is 0 Å². The van der Waals surface area contributed by atoms with Gasteiger partial charge in [-0.3, -0.25) is 4.79 Å². The van der Waals surface area contributed by atoms with Gasteiger partial charge in [-0.15, -0.1) is 0 Å². The van der Waals surface area contributed by atoms with Gasteiger partial charge in [-0.1, -0.05) is 36.4 Å². The lowest BCUT2D eigenvalue weighted by atomic mass is 9.91. The first-order valence-corrected chi connectivity index (χ1v) is 11.0. The van der Waals surface area contributed by atoms with Crippen molar-refractivity contribution in [2.45, 2.75) is 51.4 Å². The maximum Gasteiger partial charge on any atom is 0.260 e. The molecule has 3 nitrogen and oxygen atoms in total. The van der Waals surface area contributed by atoms with Crippen molar-refractivity contribution in [2.24, 2.45) is 0 Å². The molecule has 0 aliphatic heterocycles. The topological polar surface area (TPSA) is 38.3 Å². The molecule has 144 valence electrons. The van der Waals surface area contributed by atoms with Crippen LogP contribution in [0.25, 0.3) is 0 Å². The predicted octanol–water partition coefficient (Wildman–Crippen LogP) is 4.69. The number of rotatable bonds is 8. The number of aryl methyl sites for hydroxylation is 2. The highest BCUT2D eigenvalue weighted by molar-refractivity contribution is 7.98. The zero-order chi connectivity index (χ0) is 19.1. The molecule has 0 saturated heterocycles. The van der Waals surface area contributed by atoms with Crippen molar-refractivity contribution in [1.82, 2.24) is 5.32 Å². The Labute approximate surface area is 166 Å². The molecule has 0 radical (unpaired) electrons. The summed E-state index contributed by atoms with van der Waals surface area (Å²) in [5.41, 5.74) is 5.35. The van der Waals surface area contributed by atoms with Gasteiger partial charge in [0, 0.05) is 18.1 Å². The van der Waals surface area contributed by atoms with E-state index in [1.807, 2.05) is 30.8 Å². The second-order valence-corrected chi connectivity index (χ2v) is 8.24. The van der Waals surface area contributed by atoms with Crippen LogP contribution in [-0.2, 0) is 23.4 Å². The number of hydrogen-bond acceptors (Lipinski definition) is 3. The summed E-state index contributed by atoms with van der Waals surface area (Å²) in [5, 5.41) is 3.00. The zero-order valence-corrected chi connectivity index (χ0v) is 17.1. The molecule has 3 rings (SSSR count). The smallest absolute Gasteiger partial charge is 0.260 e. The van der Waals surface area contributed by atoms with E-state index in [-0.39, 0.29) is 5.91 Å². The molecule has 0 saturated carbocycles. The lowest BCUT2D eigenvalue weighted by Gasteiger charge is -2.22. The van der Waals surface area contributed by atoms with Crippen molar-refractivity contribution < 1.29 is 9.53 Å². The predicted molar refractivity (Wildman–Crippen MR) is 114 cm³/mol. The molecule has 4 heteroatoms. The second kappa shape index (κ2) is 9.84. The zero-order valence-electron chi connectivity index (χ0n) is 16.3. The Balaban J connectivity index is 1.41. The molecule has 2 aromatic carbocycles. The first-order chi connectivity index (χ1) is 13.1. The fourth-order valence-corrected chi connectivity index (χ4v) is 4.38. The first-order valence-electron chi connectivity index (χ1n) is 9.82. The van der Waals surface area contributed by atoms with Gasteiger partial charge in [0.15, 0.2) is 6.10 Å². The van der Waals surface area contributed by atoms with E-state index in [0.29, 0.717) is 6.54 Å². The van der Waals surface area contributed by atoms with E-state index in [1.54, 1.807) is 0 Å². The molecule has 0 spiro atoms. The molecule has 1 amide bonds. The molecule has 0 unspecified atom stereocenters. The summed E-state index contributed by atoms with van der Waals surface area (Å²) >= 11 is 1.84. The minimum atomic E-state index is -0.472. The Kier molecular flexibility index (Phi) is 7.22. The quantitative estimate of drug-likeness (QED) is 0.672. The van der Waals surface area contributed by atoms with Crippen LogP contribution in [0, 0.1) is 6.92 Å². The third kappa shape index (κ3) is 5.52. The number of carbonyl (C=O) groups is 1. The first kappa shape index (κ1) is 19.8. The minimum absolute atomic E-state index is 0.0418. The Morgan fingerprint density at radius 1 is 1.15 bits per heavy atom. The number of carbonyl (C=O) groups excluding carboxylic acids is 1. The molecule has 27 heavy (non-hydrogen) atoms. The number of thioether (sulfide) groups is 1. The van der Waals surface area contributed by atoms with Crippen LogP contribution in [0.1, 0.15) is 42.0 Å². The van der Waals surface area contributed by atoms with E-state index in [4.69, 9.17) is 4.74 Å². The molecule has 0 bridgehead atoms. The second-order valence-electron chi connectivity index (χ2n) is 7.13. The van der Waals surface area contributed by atoms with Crippen LogP contribution in [0.5, 0.6) is 5.75 Å². The van der Waals surface area contributed by atoms with Gasteiger partial charge in [-0.25, -0.2) is 0 Å². The average Bonchev–Trinajstić information content (AvgIpc) is 2.69. The van der Waals surface area contributed by atoms with E-state index < -0.39 is 6.10 Å². The molecule has 0 fully saturated rings. The van der Waals surface area contributed by atoms with E-state index in [9.17, 15) is 4.79 Å². The molecule has 1 atom stereocenters. The number of fused-ring (bicyclic) bond motifs is 1. The van der Waals surface area contributed by atoms with Crippen molar-refractivity contribution in [3.8, 4) is 5.75 Å². The Hall–Kier alpha value is -1.94. The molecule has 0 heterocycles. The molecule has 1 aliphatic carbocycles. The van der Waals surface area contributed by atoms with Crippen molar-refractivity contribution in [2.75, 3.05) is 12.3 Å². The van der Waals surface area contributed by atoms with E-state index in [2.05, 4.69) is 42.6 Å². The van der Waals surface area contributed by atoms with Gasteiger partial charge in [0.1, 0.15) is 5.75 Å². The van der Waals surface area contributed by atoms with Gasteiger partial charge >= 0.3 is 0 Å². The van der Waals surface area contributed by atoms with Crippen molar-refractivity contribution >= 4 is 17.7 Å². The highest BCUT2D eigenvalue weighted by Crippen LogP contribution is 2.30. The SMILES string of the molecule is Cc1ccccc1CSCCNC(=O)[C@@H](C)Oc1cccc2c1CCCC2. The van der Waals surface area contributed by atoms with Gasteiger partial charge in [0.05, 0.1) is 0 Å². The summed E-state index contributed by atoms with van der Waals surface area (Å²) in [6, 6.07) is 14.6. The summed E-state index contributed by atoms with van der Waals surface area (Å²) in [6.45, 7) is 4.63. The highest BCUT2D eigenvalue weighted by Gasteiger charge is 2.19. The highest BCUT2D eigenvalue weighted by atomic mass is 32.2. The molecule has 2 aromatic rings. The van der Waals surface area contributed by atoms with Crippen molar-refractivity contribution in [1.29, 1.82) is 0 Å². The molecule has 1 N–H and O–H groups in total. The van der Waals surface area contributed by atoms with Gasteiger partial charge < -0.3 is 10.1 Å². The number of amides is 1. The Morgan fingerprint density at radius 3 is 2.81 bits per heavy atom. The molecular formula is C23H29NO2S. The summed E-state index contributed by atoms with van der Waals surface area (Å²) in [7, 11) is 0. The fraction of sp³-hybridized carbons (Fsp3) is 0.435. The maximum atomic E-state index is 12.4. The van der Waals surface area contributed by atoms with Crippen LogP contribution in [0.4, 0.5) is 0 Å². The molecule has 1 aliphatic rings. The summed E-state index contributed by atoms with van der Waals surface area (Å²) in [4.78, 5) is 12.4. The van der Waals surface area contributed by atoms with Gasteiger partial charge in [0.25, 0.3) is 5.91 Å². The van der Waals surface area contributed by atoms with Crippen molar-refractivity contribution in [3.63, 3.8) is 0 Å². The van der Waals surface area contributed by atoms with E-state index in [0.717, 1.165) is 30.1 Å². The van der Waals surface area contributed by atoms with Crippen LogP contribution in [0.3, 0.4) is 0 Å². The van der Waals surface area contributed by atoms with Gasteiger partial charge in [0.2, 0.25) is 0 Å². The summed E-state index contributed by atoms with van der Waals surface area (Å²) in [6.07, 6.45) is 4.14. The van der Waals surface area contributed by atoms with E-state index in [1.165, 1.54) is 35.1 Å². The van der Waals surface area contributed by atoms with Gasteiger partial charge in [-0.2, -0.15) is 11.8 Å². The number of ether oxygens (including phenoxy) is 1. The minimum Gasteiger partial charge on any atom is -0.481 e. The lowest BCUT2D eigenvalue weighted by molar-refractivity contribution is -0.127. The Morgan fingerprint density at radius 2 is 1.96 bits per heavy atom. The summed E-state index contributed by atoms with van der Waals surface area (Å²) in [5.74, 6) is 2.71. The fourth-order valence-electron chi connectivity index (χ4n) is 3.44. The lowest BCUT2D eigenvalue weighted by Crippen LogP contribution is -2.37. The van der Waals surface area contributed by atoms with Crippen LogP contribution in [-0.4, -0.2) is 24.3 Å². The maximum absolute atomic E-state index is 12.4. The Bertz CT molecular complexity index is 775. The third-order valence-corrected chi connectivity index (χ3v) is 6.10. The van der Waals surface area contributed by atoms with Crippen LogP contribution >= 0.6 is 11.8 Å². The molecule has 0 aromatic heterocycles. The number of hydrogen-bond donors (Lipinski definition) is 1. The van der Waals surface area contributed by atoms with Crippen LogP contribution < -0.4 is 10.1 Å². The average molecular weight is 384 g/mol. The largest absolute Gasteiger partial charge is 0.481 e. The van der Waals surface area contributed by atoms with Gasteiger partial charge in [-0.05, 0) is 67.9 Å². The monoisotopic (exact) mass is 383 g/mol. The summed E-state index contributed by atoms with van der Waals surface area (Å²) < 4.78 is 6.00. The normalized spacial score (nSPS) is 14.3. The van der Waals surface area contributed by atoms with Crippen molar-refractivity contribution in [3.05, 3.63) is 64.7 Å². The van der Waals surface area contributed by atoms with Crippen LogP contribution in [0.15, 0.2) is 42.5 Å². The number of benzene rings is 2. The standard InChI is InChI=1S/C23H29NO2S/c1-17-8-3-4-10-20(17)16-27-15-14-24-23(25)18(2)26-22-13-7-11-19-9-5-6-12-21(19)22/h3-4,7-8,10-11,13,18H,5-6,9,12,14-16H2,1-2H3,(H,24,25)/t18-/m1/s1. The van der Waals surface area contributed by atoms with E-state index >= 15 is 0 Å². The molecular weight excluding hydrogens is 354 g/mol.